The molecule has 4 rings (SSSR count). The van der Waals surface area contributed by atoms with Crippen molar-refractivity contribution < 1.29 is 4.79 Å². The van der Waals surface area contributed by atoms with Gasteiger partial charge in [-0.1, -0.05) is 17.7 Å². The van der Waals surface area contributed by atoms with Gasteiger partial charge in [-0.2, -0.15) is 0 Å². The average molecular weight is 316 g/mol. The van der Waals surface area contributed by atoms with Gasteiger partial charge in [0.05, 0.1) is 11.1 Å². The minimum absolute atomic E-state index is 0.0897. The Kier molecular flexibility index (Phi) is 2.84. The van der Waals surface area contributed by atoms with Crippen LogP contribution in [0.25, 0.3) is 0 Å². The van der Waals surface area contributed by atoms with Gasteiger partial charge in [0.25, 0.3) is 5.91 Å². The molecule has 112 valence electrons. The topological polar surface area (TPSA) is 62.2 Å². The molecule has 2 aromatic heterocycles. The molecule has 0 saturated carbocycles. The Hall–Kier alpha value is -2.21. The van der Waals surface area contributed by atoms with Gasteiger partial charge in [-0.25, -0.2) is 9.97 Å². The van der Waals surface area contributed by atoms with E-state index in [9.17, 15) is 4.79 Å². The van der Waals surface area contributed by atoms with E-state index in [0.29, 0.717) is 23.9 Å². The zero-order chi connectivity index (χ0) is 15.3. The van der Waals surface area contributed by atoms with Gasteiger partial charge >= 0.3 is 0 Å². The highest BCUT2D eigenvalue weighted by molar-refractivity contribution is 6.29. The number of rotatable bonds is 1. The Morgan fingerprint density at radius 3 is 2.77 bits per heavy atom. The number of fused-ring (bicyclic) bond motifs is 2. The number of hydrogen-bond donors (Lipinski definition) is 0. The summed E-state index contributed by atoms with van der Waals surface area (Å²) in [5, 5.41) is 0.331. The van der Waals surface area contributed by atoms with Crippen LogP contribution in [0.4, 0.5) is 5.82 Å². The number of halogens is 1. The van der Waals surface area contributed by atoms with Crippen LogP contribution in [-0.2, 0) is 5.41 Å². The summed E-state index contributed by atoms with van der Waals surface area (Å²) in [5.74, 6) is 0.823. The maximum atomic E-state index is 12.5. The monoisotopic (exact) mass is 315 g/mol. The Morgan fingerprint density at radius 2 is 2.00 bits per heavy atom. The third-order valence-electron chi connectivity index (χ3n) is 4.29. The van der Waals surface area contributed by atoms with E-state index in [0.717, 1.165) is 18.1 Å². The Balaban J connectivity index is 1.56. The number of aromatic nitrogens is 3. The molecule has 0 aliphatic carbocycles. The van der Waals surface area contributed by atoms with Crippen molar-refractivity contribution in [3.8, 4) is 0 Å². The average Bonchev–Trinajstić information content (AvgIpc) is 2.79. The second-order valence-electron chi connectivity index (χ2n) is 5.87. The second kappa shape index (κ2) is 4.64. The van der Waals surface area contributed by atoms with Crippen LogP contribution >= 0.6 is 11.6 Å². The number of nitrogens with zero attached hydrogens (tertiary/aromatic N) is 5. The Bertz CT molecular complexity index is 759. The number of likely N-dealkylation sites (tertiary alicyclic amines) is 1. The fraction of sp³-hybridized carbons (Fsp3) is 0.333. The molecule has 0 unspecified atom stereocenters. The maximum Gasteiger partial charge on any atom is 0.272 e. The molecule has 0 bridgehead atoms. The van der Waals surface area contributed by atoms with Crippen LogP contribution in [0.1, 0.15) is 16.2 Å². The molecule has 0 radical (unpaired) electrons. The number of hydrogen-bond acceptors (Lipinski definition) is 5. The SMILES string of the molecule is CN1CC2(CN(C(=O)c3cccc(Cl)n3)C2)c2nccnc21. The van der Waals surface area contributed by atoms with E-state index >= 15 is 0 Å². The number of pyridine rings is 1. The quantitative estimate of drug-likeness (QED) is 0.744. The molecule has 6 nitrogen and oxygen atoms in total. The van der Waals surface area contributed by atoms with E-state index in [4.69, 9.17) is 11.6 Å². The summed E-state index contributed by atoms with van der Waals surface area (Å²) >= 11 is 5.85. The molecule has 1 saturated heterocycles. The van der Waals surface area contributed by atoms with Gasteiger partial charge in [0, 0.05) is 39.1 Å². The summed E-state index contributed by atoms with van der Waals surface area (Å²) in [6.45, 7) is 2.10. The highest BCUT2D eigenvalue weighted by Crippen LogP contribution is 2.43. The predicted octanol–water partition coefficient (Wildman–Crippen LogP) is 1.37. The first-order valence-electron chi connectivity index (χ1n) is 7.04. The van der Waals surface area contributed by atoms with E-state index in [1.54, 1.807) is 35.5 Å². The number of likely N-dealkylation sites (N-methyl/N-ethyl adjacent to an activating group) is 1. The molecule has 2 aliphatic rings. The van der Waals surface area contributed by atoms with Crippen LogP contribution in [0, 0.1) is 0 Å². The van der Waals surface area contributed by atoms with E-state index < -0.39 is 0 Å². The van der Waals surface area contributed by atoms with Crippen LogP contribution in [0.5, 0.6) is 0 Å². The first kappa shape index (κ1) is 13.5. The summed E-state index contributed by atoms with van der Waals surface area (Å²) in [5.41, 5.74) is 1.26. The Labute approximate surface area is 132 Å². The van der Waals surface area contributed by atoms with Crippen molar-refractivity contribution in [1.82, 2.24) is 19.9 Å². The number of carbonyl (C=O) groups is 1. The standard InChI is InChI=1S/C15H14ClN5O/c1-20-7-15(12-13(20)18-6-5-17-12)8-21(9-15)14(22)10-3-2-4-11(16)19-10/h2-6H,7-9H2,1H3. The lowest BCUT2D eigenvalue weighted by atomic mass is 9.78. The fourth-order valence-corrected chi connectivity index (χ4v) is 3.52. The number of amides is 1. The van der Waals surface area contributed by atoms with Gasteiger partial charge in [-0.05, 0) is 12.1 Å². The molecule has 4 heterocycles. The van der Waals surface area contributed by atoms with Crippen molar-refractivity contribution in [3.63, 3.8) is 0 Å². The zero-order valence-corrected chi connectivity index (χ0v) is 12.8. The lowest BCUT2D eigenvalue weighted by molar-refractivity contribution is 0.0413. The van der Waals surface area contributed by atoms with Crippen LogP contribution in [-0.4, -0.2) is 52.4 Å². The summed E-state index contributed by atoms with van der Waals surface area (Å²) < 4.78 is 0. The molecule has 22 heavy (non-hydrogen) atoms. The second-order valence-corrected chi connectivity index (χ2v) is 6.26. The molecule has 2 aromatic rings. The lowest BCUT2D eigenvalue weighted by Crippen LogP contribution is -2.63. The minimum Gasteiger partial charge on any atom is -0.357 e. The third kappa shape index (κ3) is 1.87. The molecule has 1 fully saturated rings. The highest BCUT2D eigenvalue weighted by Gasteiger charge is 2.53. The number of anilines is 1. The van der Waals surface area contributed by atoms with Gasteiger partial charge in [0.2, 0.25) is 0 Å². The largest absolute Gasteiger partial charge is 0.357 e. The van der Waals surface area contributed by atoms with E-state index in [1.807, 2.05) is 7.05 Å². The molecule has 0 aromatic carbocycles. The molecule has 0 atom stereocenters. The van der Waals surface area contributed by atoms with Crippen molar-refractivity contribution in [2.75, 3.05) is 31.6 Å². The zero-order valence-electron chi connectivity index (χ0n) is 12.0. The van der Waals surface area contributed by atoms with Crippen LogP contribution in [0.2, 0.25) is 5.15 Å². The highest BCUT2D eigenvalue weighted by atomic mass is 35.5. The Morgan fingerprint density at radius 1 is 1.23 bits per heavy atom. The van der Waals surface area contributed by atoms with Crippen molar-refractivity contribution in [1.29, 1.82) is 0 Å². The van der Waals surface area contributed by atoms with Crippen LogP contribution < -0.4 is 4.90 Å². The van der Waals surface area contributed by atoms with Crippen molar-refractivity contribution >= 4 is 23.3 Å². The summed E-state index contributed by atoms with van der Waals surface area (Å²) in [6, 6.07) is 5.09. The van der Waals surface area contributed by atoms with Gasteiger partial charge in [0.1, 0.15) is 10.8 Å². The molecular weight excluding hydrogens is 302 g/mol. The van der Waals surface area contributed by atoms with Crippen LogP contribution in [0.3, 0.4) is 0 Å². The fourth-order valence-electron chi connectivity index (χ4n) is 3.36. The summed E-state index contributed by atoms with van der Waals surface area (Å²) in [7, 11) is 2.01. The number of carbonyl (C=O) groups excluding carboxylic acids is 1. The normalized spacial score (nSPS) is 18.3. The van der Waals surface area contributed by atoms with E-state index in [2.05, 4.69) is 19.9 Å². The van der Waals surface area contributed by atoms with Crippen molar-refractivity contribution in [2.45, 2.75) is 5.41 Å². The maximum absolute atomic E-state index is 12.5. The van der Waals surface area contributed by atoms with Gasteiger partial charge in [0.15, 0.2) is 5.82 Å². The third-order valence-corrected chi connectivity index (χ3v) is 4.50. The molecule has 0 N–H and O–H groups in total. The molecule has 1 amide bonds. The van der Waals surface area contributed by atoms with Gasteiger partial charge in [-0.3, -0.25) is 9.78 Å². The van der Waals surface area contributed by atoms with Gasteiger partial charge in [-0.15, -0.1) is 0 Å². The summed E-state index contributed by atoms with van der Waals surface area (Å²) in [6.07, 6.45) is 3.41. The lowest BCUT2D eigenvalue weighted by Gasteiger charge is -2.47. The summed E-state index contributed by atoms with van der Waals surface area (Å²) in [4.78, 5) is 29.3. The molecular formula is C15H14ClN5O. The first-order valence-corrected chi connectivity index (χ1v) is 7.41. The smallest absolute Gasteiger partial charge is 0.272 e. The van der Waals surface area contributed by atoms with Crippen LogP contribution in [0.15, 0.2) is 30.6 Å². The van der Waals surface area contributed by atoms with Crippen molar-refractivity contribution in [3.05, 3.63) is 47.1 Å². The van der Waals surface area contributed by atoms with E-state index in [-0.39, 0.29) is 11.3 Å². The van der Waals surface area contributed by atoms with Gasteiger partial charge < -0.3 is 9.80 Å². The molecule has 2 aliphatic heterocycles. The predicted molar refractivity (Wildman–Crippen MR) is 82.1 cm³/mol. The van der Waals surface area contributed by atoms with E-state index in [1.165, 1.54) is 0 Å². The first-order chi connectivity index (χ1) is 10.6. The molecule has 7 heteroatoms. The van der Waals surface area contributed by atoms with Crippen molar-refractivity contribution in [2.24, 2.45) is 0 Å². The molecule has 1 spiro atoms. The minimum atomic E-state index is -0.105.